The van der Waals surface area contributed by atoms with E-state index in [1.807, 2.05) is 6.07 Å². The van der Waals surface area contributed by atoms with Crippen molar-refractivity contribution >= 4 is 17.4 Å². The maximum atomic E-state index is 6.08. The molecule has 0 amide bonds. The number of hydrogen-bond donors (Lipinski definition) is 1. The average molecular weight is 297 g/mol. The molecule has 0 radical (unpaired) electrons. The van der Waals surface area contributed by atoms with Gasteiger partial charge in [0.2, 0.25) is 0 Å². The van der Waals surface area contributed by atoms with Gasteiger partial charge in [-0.05, 0) is 39.3 Å². The van der Waals surface area contributed by atoms with Gasteiger partial charge in [-0.2, -0.15) is 0 Å². The topological polar surface area (TPSA) is 41.1 Å². The van der Waals surface area contributed by atoms with Crippen LogP contribution in [-0.2, 0) is 0 Å². The van der Waals surface area contributed by atoms with Crippen molar-refractivity contribution < 1.29 is 0 Å². The summed E-state index contributed by atoms with van der Waals surface area (Å²) in [7, 11) is 4.24. The molecule has 0 spiro atoms. The summed E-state index contributed by atoms with van der Waals surface area (Å²) in [5, 5.41) is 3.95. The molecule has 2 rings (SSSR count). The van der Waals surface area contributed by atoms with Crippen molar-refractivity contribution in [3.63, 3.8) is 0 Å². The second kappa shape index (κ2) is 6.72. The smallest absolute Gasteiger partial charge is 0.135 e. The second-order valence-corrected chi connectivity index (χ2v) is 6.72. The van der Waals surface area contributed by atoms with Crippen molar-refractivity contribution in [2.75, 3.05) is 26.0 Å². The predicted molar refractivity (Wildman–Crippen MR) is 84.4 cm³/mol. The van der Waals surface area contributed by atoms with E-state index in [1.54, 1.807) is 0 Å². The molecule has 5 heteroatoms. The number of nitrogens with one attached hydrogen (secondary N) is 1. The molecule has 0 bridgehead atoms. The quantitative estimate of drug-likeness (QED) is 0.783. The van der Waals surface area contributed by atoms with Crippen molar-refractivity contribution in [2.24, 2.45) is 5.92 Å². The third kappa shape index (κ3) is 4.60. The fourth-order valence-corrected chi connectivity index (χ4v) is 2.48. The molecule has 1 heterocycles. The van der Waals surface area contributed by atoms with Crippen LogP contribution in [0.4, 0.5) is 5.82 Å². The molecule has 1 aromatic heterocycles. The van der Waals surface area contributed by atoms with Crippen molar-refractivity contribution in [3.8, 4) is 0 Å². The molecule has 1 saturated carbocycles. The SMILES string of the molecule is CC(C)CC(CNc1cc(Cl)nc(C2CC2)n1)N(C)C. The maximum Gasteiger partial charge on any atom is 0.135 e. The minimum absolute atomic E-state index is 0.494. The summed E-state index contributed by atoms with van der Waals surface area (Å²) in [4.78, 5) is 11.2. The molecule has 0 aliphatic heterocycles. The molecule has 4 nitrogen and oxygen atoms in total. The van der Waals surface area contributed by atoms with Crippen LogP contribution in [0.15, 0.2) is 6.07 Å². The first-order valence-corrected chi connectivity index (χ1v) is 7.78. The van der Waals surface area contributed by atoms with E-state index in [0.717, 1.165) is 24.6 Å². The highest BCUT2D eigenvalue weighted by atomic mass is 35.5. The molecule has 1 unspecified atom stereocenters. The molecule has 1 fully saturated rings. The highest BCUT2D eigenvalue weighted by Gasteiger charge is 2.27. The Labute approximate surface area is 126 Å². The van der Waals surface area contributed by atoms with Crippen LogP contribution >= 0.6 is 11.6 Å². The molecular formula is C15H25ClN4. The van der Waals surface area contributed by atoms with Gasteiger partial charge in [-0.1, -0.05) is 25.4 Å². The minimum atomic E-state index is 0.494. The molecule has 0 aromatic carbocycles. The molecule has 1 aromatic rings. The lowest BCUT2D eigenvalue weighted by molar-refractivity contribution is 0.265. The summed E-state index contributed by atoms with van der Waals surface area (Å²) < 4.78 is 0. The Morgan fingerprint density at radius 3 is 2.60 bits per heavy atom. The Balaban J connectivity index is 1.98. The van der Waals surface area contributed by atoms with E-state index >= 15 is 0 Å². The molecule has 1 aliphatic rings. The first-order chi connectivity index (χ1) is 9.45. The summed E-state index contributed by atoms with van der Waals surface area (Å²) in [6.45, 7) is 5.38. The van der Waals surface area contributed by atoms with Crippen LogP contribution in [0.25, 0.3) is 0 Å². The third-order valence-corrected chi connectivity index (χ3v) is 3.84. The maximum absolute atomic E-state index is 6.08. The predicted octanol–water partition coefficient (Wildman–Crippen LogP) is 3.40. The average Bonchev–Trinajstić information content (AvgIpc) is 3.17. The summed E-state index contributed by atoms with van der Waals surface area (Å²) in [6.07, 6.45) is 3.54. The molecule has 1 N–H and O–H groups in total. The molecule has 20 heavy (non-hydrogen) atoms. The summed E-state index contributed by atoms with van der Waals surface area (Å²) in [5.41, 5.74) is 0. The zero-order valence-electron chi connectivity index (χ0n) is 12.9. The van der Waals surface area contributed by atoms with Crippen LogP contribution in [-0.4, -0.2) is 41.5 Å². The first kappa shape index (κ1) is 15.5. The number of hydrogen-bond acceptors (Lipinski definition) is 4. The Morgan fingerprint density at radius 2 is 2.05 bits per heavy atom. The lowest BCUT2D eigenvalue weighted by Gasteiger charge is -2.26. The Morgan fingerprint density at radius 1 is 1.35 bits per heavy atom. The van der Waals surface area contributed by atoms with Gasteiger partial charge in [0.15, 0.2) is 0 Å². The first-order valence-electron chi connectivity index (χ1n) is 7.40. The number of rotatable bonds is 7. The van der Waals surface area contributed by atoms with Crippen molar-refractivity contribution in [3.05, 3.63) is 17.0 Å². The molecule has 1 aliphatic carbocycles. The van der Waals surface area contributed by atoms with Gasteiger partial charge in [-0.3, -0.25) is 0 Å². The van der Waals surface area contributed by atoms with Gasteiger partial charge in [0.05, 0.1) is 0 Å². The van der Waals surface area contributed by atoms with Crippen LogP contribution in [0.1, 0.15) is 44.9 Å². The Bertz CT molecular complexity index is 443. The molecule has 112 valence electrons. The van der Waals surface area contributed by atoms with Crippen molar-refractivity contribution in [1.82, 2.24) is 14.9 Å². The van der Waals surface area contributed by atoms with Crippen LogP contribution in [0.2, 0.25) is 5.15 Å². The van der Waals surface area contributed by atoms with Gasteiger partial charge in [0, 0.05) is 24.6 Å². The largest absolute Gasteiger partial charge is 0.368 e. The Hall–Kier alpha value is -0.870. The third-order valence-electron chi connectivity index (χ3n) is 3.65. The van der Waals surface area contributed by atoms with E-state index < -0.39 is 0 Å². The van der Waals surface area contributed by atoms with Crippen molar-refractivity contribution in [1.29, 1.82) is 0 Å². The van der Waals surface area contributed by atoms with Crippen LogP contribution in [0.5, 0.6) is 0 Å². The molecule has 1 atom stereocenters. The van der Waals surface area contributed by atoms with Gasteiger partial charge in [0.25, 0.3) is 0 Å². The van der Waals surface area contributed by atoms with Crippen LogP contribution in [0.3, 0.4) is 0 Å². The van der Waals surface area contributed by atoms with E-state index in [-0.39, 0.29) is 0 Å². The standard InChI is InChI=1S/C15H25ClN4/c1-10(2)7-12(20(3)4)9-17-14-8-13(16)18-15(19-14)11-5-6-11/h8,10-12H,5-7,9H2,1-4H3,(H,17,18,19). The van der Waals surface area contributed by atoms with Crippen LogP contribution < -0.4 is 5.32 Å². The highest BCUT2D eigenvalue weighted by Crippen LogP contribution is 2.38. The second-order valence-electron chi connectivity index (χ2n) is 6.34. The zero-order valence-corrected chi connectivity index (χ0v) is 13.6. The zero-order chi connectivity index (χ0) is 14.7. The van der Waals surface area contributed by atoms with Gasteiger partial charge in [-0.15, -0.1) is 0 Å². The van der Waals surface area contributed by atoms with Gasteiger partial charge in [-0.25, -0.2) is 9.97 Å². The minimum Gasteiger partial charge on any atom is -0.368 e. The van der Waals surface area contributed by atoms with Gasteiger partial charge >= 0.3 is 0 Å². The number of aromatic nitrogens is 2. The van der Waals surface area contributed by atoms with Crippen molar-refractivity contribution in [2.45, 2.75) is 45.1 Å². The number of nitrogens with zero attached hydrogens (tertiary/aromatic N) is 3. The van der Waals surface area contributed by atoms with E-state index in [0.29, 0.717) is 23.0 Å². The fourth-order valence-electron chi connectivity index (χ4n) is 2.29. The molecular weight excluding hydrogens is 272 g/mol. The van der Waals surface area contributed by atoms with Gasteiger partial charge < -0.3 is 10.2 Å². The summed E-state index contributed by atoms with van der Waals surface area (Å²) >= 11 is 6.08. The molecule has 0 saturated heterocycles. The van der Waals surface area contributed by atoms with E-state index in [9.17, 15) is 0 Å². The highest BCUT2D eigenvalue weighted by molar-refractivity contribution is 6.29. The monoisotopic (exact) mass is 296 g/mol. The summed E-state index contributed by atoms with van der Waals surface area (Å²) in [5.74, 6) is 2.95. The lowest BCUT2D eigenvalue weighted by atomic mass is 10.0. The number of halogens is 1. The normalized spacial score (nSPS) is 16.8. The lowest BCUT2D eigenvalue weighted by Crippen LogP contribution is -2.35. The summed E-state index contributed by atoms with van der Waals surface area (Å²) in [6, 6.07) is 2.31. The van der Waals surface area contributed by atoms with E-state index in [4.69, 9.17) is 11.6 Å². The fraction of sp³-hybridized carbons (Fsp3) is 0.733. The Kier molecular flexibility index (Phi) is 5.22. The van der Waals surface area contributed by atoms with E-state index in [1.165, 1.54) is 12.8 Å². The van der Waals surface area contributed by atoms with Crippen LogP contribution in [0, 0.1) is 5.92 Å². The number of likely N-dealkylation sites (N-methyl/N-ethyl adjacent to an activating group) is 1. The number of anilines is 1. The van der Waals surface area contributed by atoms with E-state index in [2.05, 4.69) is 48.1 Å². The van der Waals surface area contributed by atoms with Gasteiger partial charge in [0.1, 0.15) is 16.8 Å².